The molecule has 1 aromatic carbocycles. The van der Waals surface area contributed by atoms with Gasteiger partial charge in [-0.3, -0.25) is 4.79 Å². The second-order valence-corrected chi connectivity index (χ2v) is 8.31. The fourth-order valence-corrected chi connectivity index (χ4v) is 4.05. The molecule has 0 radical (unpaired) electrons. The number of aromatic nitrogens is 2. The van der Waals surface area contributed by atoms with E-state index in [2.05, 4.69) is 20.0 Å². The molecule has 3 aromatic rings. The maximum atomic E-state index is 12.8. The fourth-order valence-electron chi connectivity index (χ4n) is 3.51. The summed E-state index contributed by atoms with van der Waals surface area (Å²) in [7, 11) is 0. The van der Waals surface area contributed by atoms with E-state index in [0.717, 1.165) is 12.8 Å². The Labute approximate surface area is 185 Å². The molecule has 1 atom stereocenters. The van der Waals surface area contributed by atoms with E-state index < -0.39 is 12.2 Å². The molecule has 1 aliphatic heterocycles. The van der Waals surface area contributed by atoms with Crippen LogP contribution in [0.25, 0.3) is 11.5 Å². The molecule has 8 nitrogen and oxygen atoms in total. The van der Waals surface area contributed by atoms with Crippen LogP contribution < -0.4 is 14.8 Å². The van der Waals surface area contributed by atoms with Gasteiger partial charge in [0.2, 0.25) is 5.89 Å². The van der Waals surface area contributed by atoms with Crippen molar-refractivity contribution in [1.29, 1.82) is 0 Å². The maximum Gasteiger partial charge on any atom is 0.387 e. The predicted octanol–water partition coefficient (Wildman–Crippen LogP) is 3.99. The number of oxazole rings is 1. The van der Waals surface area contributed by atoms with Crippen LogP contribution in [-0.2, 0) is 10.3 Å². The summed E-state index contributed by atoms with van der Waals surface area (Å²) in [4.78, 5) is 21.0. The molecular formula is C21H19F2N3O5S. The largest absolute Gasteiger partial charge is 0.484 e. The average molecular weight is 463 g/mol. The molecule has 11 heteroatoms. The Kier molecular flexibility index (Phi) is 5.51. The van der Waals surface area contributed by atoms with Gasteiger partial charge in [0.25, 0.3) is 5.91 Å². The van der Waals surface area contributed by atoms with E-state index in [1.54, 1.807) is 23.0 Å². The third-order valence-electron chi connectivity index (χ3n) is 5.35. The smallest absolute Gasteiger partial charge is 0.387 e. The second-order valence-electron chi connectivity index (χ2n) is 7.59. The number of ether oxygens (including phenoxy) is 3. The van der Waals surface area contributed by atoms with Gasteiger partial charge in [-0.05, 0) is 31.0 Å². The van der Waals surface area contributed by atoms with Gasteiger partial charge in [-0.1, -0.05) is 0 Å². The summed E-state index contributed by atoms with van der Waals surface area (Å²) in [5.74, 6) is 0.106. The molecule has 168 valence electrons. The van der Waals surface area contributed by atoms with Crippen LogP contribution in [0.15, 0.2) is 39.8 Å². The average Bonchev–Trinajstić information content (AvgIpc) is 3.28. The van der Waals surface area contributed by atoms with Gasteiger partial charge in [0, 0.05) is 17.4 Å². The molecule has 1 aliphatic carbocycles. The Morgan fingerprint density at radius 2 is 2.19 bits per heavy atom. The van der Waals surface area contributed by atoms with Crippen LogP contribution in [0, 0.1) is 0 Å². The monoisotopic (exact) mass is 463 g/mol. The Hall–Kier alpha value is -3.05. The van der Waals surface area contributed by atoms with Crippen molar-refractivity contribution in [2.75, 3.05) is 13.2 Å². The summed E-state index contributed by atoms with van der Waals surface area (Å²) in [6.07, 6.45) is 3.36. The van der Waals surface area contributed by atoms with Gasteiger partial charge in [-0.25, -0.2) is 9.97 Å². The van der Waals surface area contributed by atoms with E-state index in [1.807, 2.05) is 0 Å². The predicted molar refractivity (Wildman–Crippen MR) is 109 cm³/mol. The third-order valence-corrected chi connectivity index (χ3v) is 5.94. The SMILES string of the molecule is O=C(NC1(c2coc(-c3ccc(OC(F)F)c(OC4CCOC4)c3)n2)CC1)c1cscn1. The van der Waals surface area contributed by atoms with E-state index in [4.69, 9.17) is 13.9 Å². The number of nitrogens with zero attached hydrogens (tertiary/aromatic N) is 2. The Morgan fingerprint density at radius 3 is 2.88 bits per heavy atom. The summed E-state index contributed by atoms with van der Waals surface area (Å²) in [6, 6.07) is 4.52. The minimum absolute atomic E-state index is 0.0726. The molecule has 2 fully saturated rings. The van der Waals surface area contributed by atoms with Crippen LogP contribution in [0.2, 0.25) is 0 Å². The minimum atomic E-state index is -2.98. The van der Waals surface area contributed by atoms with Crippen molar-refractivity contribution >= 4 is 17.2 Å². The van der Waals surface area contributed by atoms with Crippen molar-refractivity contribution in [1.82, 2.24) is 15.3 Å². The lowest BCUT2D eigenvalue weighted by Gasteiger charge is -2.16. The summed E-state index contributed by atoms with van der Waals surface area (Å²) < 4.78 is 47.0. The Bertz CT molecular complexity index is 1090. The molecule has 0 spiro atoms. The van der Waals surface area contributed by atoms with Crippen molar-refractivity contribution in [3.8, 4) is 23.0 Å². The van der Waals surface area contributed by atoms with E-state index in [9.17, 15) is 13.6 Å². The summed E-state index contributed by atoms with van der Waals surface area (Å²) in [5, 5.41) is 4.66. The number of hydrogen-bond donors (Lipinski definition) is 1. The number of thiazole rings is 1. The lowest BCUT2D eigenvalue weighted by Crippen LogP contribution is -2.35. The number of amides is 1. The van der Waals surface area contributed by atoms with Crippen LogP contribution in [0.1, 0.15) is 35.4 Å². The Balaban J connectivity index is 1.37. The van der Waals surface area contributed by atoms with Gasteiger partial charge in [-0.2, -0.15) is 8.78 Å². The molecule has 2 aromatic heterocycles. The highest BCUT2D eigenvalue weighted by Crippen LogP contribution is 2.46. The molecule has 1 saturated heterocycles. The minimum Gasteiger partial charge on any atom is -0.484 e. The number of benzene rings is 1. The van der Waals surface area contributed by atoms with Crippen molar-refractivity contribution in [2.45, 2.75) is 37.5 Å². The van der Waals surface area contributed by atoms with Gasteiger partial charge >= 0.3 is 6.61 Å². The Morgan fingerprint density at radius 1 is 1.31 bits per heavy atom. The van der Waals surface area contributed by atoms with Gasteiger partial charge in [-0.15, -0.1) is 11.3 Å². The maximum absolute atomic E-state index is 12.8. The zero-order valence-corrected chi connectivity index (χ0v) is 17.6. The number of rotatable bonds is 8. The first-order chi connectivity index (χ1) is 15.5. The molecule has 0 bridgehead atoms. The van der Waals surface area contributed by atoms with Crippen molar-refractivity contribution in [2.24, 2.45) is 0 Å². The highest BCUT2D eigenvalue weighted by molar-refractivity contribution is 7.07. The molecule has 3 heterocycles. The molecule has 1 saturated carbocycles. The standard InChI is InChI=1S/C21H19F2N3O5S/c22-20(23)31-15-2-1-12(7-16(15)30-13-3-6-28-8-13)19-25-17(9-29-19)21(4-5-21)26-18(27)14-10-32-11-24-14/h1-2,7,9-11,13,20H,3-6,8H2,(H,26,27). The van der Waals surface area contributed by atoms with Crippen LogP contribution in [-0.4, -0.2) is 41.8 Å². The molecular weight excluding hydrogens is 444 g/mol. The van der Waals surface area contributed by atoms with Crippen molar-refractivity contribution in [3.05, 3.63) is 46.7 Å². The third kappa shape index (κ3) is 4.30. The topological polar surface area (TPSA) is 95.7 Å². The van der Waals surface area contributed by atoms with Crippen molar-refractivity contribution in [3.63, 3.8) is 0 Å². The van der Waals surface area contributed by atoms with E-state index >= 15 is 0 Å². The molecule has 1 unspecified atom stereocenters. The van der Waals surface area contributed by atoms with Crippen LogP contribution in [0.4, 0.5) is 8.78 Å². The molecule has 1 N–H and O–H groups in total. The molecule has 2 aliphatic rings. The zero-order chi connectivity index (χ0) is 22.1. The first kappa shape index (κ1) is 20.8. The first-order valence-electron chi connectivity index (χ1n) is 10.0. The van der Waals surface area contributed by atoms with Gasteiger partial charge in [0.05, 0.1) is 24.3 Å². The van der Waals surface area contributed by atoms with E-state index in [-0.39, 0.29) is 29.4 Å². The van der Waals surface area contributed by atoms with E-state index in [1.165, 1.54) is 23.7 Å². The van der Waals surface area contributed by atoms with Gasteiger partial charge in [0.1, 0.15) is 23.8 Å². The van der Waals surface area contributed by atoms with E-state index in [0.29, 0.717) is 36.6 Å². The number of carbonyl (C=O) groups is 1. The van der Waals surface area contributed by atoms with Gasteiger partial charge < -0.3 is 23.9 Å². The highest BCUT2D eigenvalue weighted by atomic mass is 32.1. The van der Waals surface area contributed by atoms with Crippen molar-refractivity contribution < 1.29 is 32.2 Å². The zero-order valence-electron chi connectivity index (χ0n) is 16.8. The lowest BCUT2D eigenvalue weighted by molar-refractivity contribution is -0.0520. The first-order valence-corrected chi connectivity index (χ1v) is 11.0. The second kappa shape index (κ2) is 8.47. The van der Waals surface area contributed by atoms with Crippen LogP contribution in [0.3, 0.4) is 0 Å². The van der Waals surface area contributed by atoms with Crippen LogP contribution in [0.5, 0.6) is 11.5 Å². The number of carbonyl (C=O) groups excluding carboxylic acids is 1. The normalized spacial score (nSPS) is 19.2. The fraction of sp³-hybridized carbons (Fsp3) is 0.381. The summed E-state index contributed by atoms with van der Waals surface area (Å²) in [5.41, 5.74) is 2.49. The highest BCUT2D eigenvalue weighted by Gasteiger charge is 2.48. The number of hydrogen-bond acceptors (Lipinski definition) is 8. The summed E-state index contributed by atoms with van der Waals surface area (Å²) in [6.45, 7) is -2.05. The number of nitrogens with one attached hydrogen (secondary N) is 1. The molecule has 32 heavy (non-hydrogen) atoms. The quantitative estimate of drug-likeness (QED) is 0.540. The summed E-state index contributed by atoms with van der Waals surface area (Å²) >= 11 is 1.35. The lowest BCUT2D eigenvalue weighted by atomic mass is 10.1. The molecule has 1 amide bonds. The number of alkyl halides is 2. The number of halogens is 2. The van der Waals surface area contributed by atoms with Crippen LogP contribution >= 0.6 is 11.3 Å². The molecule has 5 rings (SSSR count). The van der Waals surface area contributed by atoms with Gasteiger partial charge in [0.15, 0.2) is 11.5 Å².